The molecule has 4 heteroatoms. The van der Waals surface area contributed by atoms with E-state index in [-0.39, 0.29) is 6.61 Å². The molecule has 0 spiro atoms. The third-order valence-electron chi connectivity index (χ3n) is 2.72. The first kappa shape index (κ1) is 14.8. The summed E-state index contributed by atoms with van der Waals surface area (Å²) in [7, 11) is 0. The predicted molar refractivity (Wildman–Crippen MR) is 71.4 cm³/mol. The number of benzene rings is 1. The minimum Gasteiger partial charge on any atom is -0.484 e. The normalized spacial score (nSPS) is 14.6. The van der Waals surface area contributed by atoms with E-state index in [0.717, 1.165) is 0 Å². The number of esters is 1. The van der Waals surface area contributed by atoms with Crippen LogP contribution in [0, 0.1) is 16.7 Å². The SMILES string of the molecule is C=CC(Oc1ccccc1)C(C)(C#N)C(=O)OCC. The van der Waals surface area contributed by atoms with Gasteiger partial charge in [-0.05, 0) is 32.1 Å². The minimum atomic E-state index is -1.42. The summed E-state index contributed by atoms with van der Waals surface area (Å²) in [6.45, 7) is 7.02. The van der Waals surface area contributed by atoms with E-state index in [1.807, 2.05) is 24.3 Å². The number of hydrogen-bond acceptors (Lipinski definition) is 4. The van der Waals surface area contributed by atoms with Gasteiger partial charge in [-0.1, -0.05) is 24.8 Å². The van der Waals surface area contributed by atoms with Crippen molar-refractivity contribution in [2.24, 2.45) is 5.41 Å². The van der Waals surface area contributed by atoms with Crippen LogP contribution in [0.15, 0.2) is 43.0 Å². The number of nitriles is 1. The molecule has 0 radical (unpaired) electrons. The standard InChI is InChI=1S/C15H17NO3/c1-4-13(19-12-9-7-6-8-10-12)15(3,11-16)14(17)18-5-2/h4,6-10,13H,1,5H2,2-3H3. The van der Waals surface area contributed by atoms with Gasteiger partial charge in [0, 0.05) is 0 Å². The van der Waals surface area contributed by atoms with E-state index in [2.05, 4.69) is 6.58 Å². The first-order chi connectivity index (χ1) is 9.08. The van der Waals surface area contributed by atoms with E-state index in [9.17, 15) is 10.1 Å². The van der Waals surface area contributed by atoms with Crippen molar-refractivity contribution in [2.45, 2.75) is 20.0 Å². The molecule has 100 valence electrons. The van der Waals surface area contributed by atoms with E-state index in [0.29, 0.717) is 5.75 Å². The number of carbonyl (C=O) groups excluding carboxylic acids is 1. The van der Waals surface area contributed by atoms with E-state index < -0.39 is 17.5 Å². The lowest BCUT2D eigenvalue weighted by Gasteiger charge is -2.27. The molecule has 19 heavy (non-hydrogen) atoms. The Morgan fingerprint density at radius 1 is 1.53 bits per heavy atom. The monoisotopic (exact) mass is 259 g/mol. The molecular formula is C15H17NO3. The van der Waals surface area contributed by atoms with Gasteiger partial charge in [0.05, 0.1) is 12.7 Å². The molecule has 0 heterocycles. The number of nitrogens with zero attached hydrogens (tertiary/aromatic N) is 1. The van der Waals surface area contributed by atoms with Crippen LogP contribution >= 0.6 is 0 Å². The van der Waals surface area contributed by atoms with Crippen molar-refractivity contribution >= 4 is 5.97 Å². The van der Waals surface area contributed by atoms with E-state index in [1.165, 1.54) is 13.0 Å². The molecular weight excluding hydrogens is 242 g/mol. The molecule has 2 atom stereocenters. The molecule has 0 fully saturated rings. The Kier molecular flexibility index (Phi) is 5.13. The van der Waals surface area contributed by atoms with Crippen LogP contribution in [0.25, 0.3) is 0 Å². The molecule has 1 aromatic carbocycles. The first-order valence-electron chi connectivity index (χ1n) is 6.01. The van der Waals surface area contributed by atoms with Crippen LogP contribution in [0.2, 0.25) is 0 Å². The van der Waals surface area contributed by atoms with Gasteiger partial charge in [0.25, 0.3) is 0 Å². The van der Waals surface area contributed by atoms with E-state index in [1.54, 1.807) is 19.1 Å². The maximum atomic E-state index is 11.9. The van der Waals surface area contributed by atoms with Crippen molar-refractivity contribution in [3.8, 4) is 11.8 Å². The molecule has 0 saturated heterocycles. The van der Waals surface area contributed by atoms with Crippen molar-refractivity contribution in [3.05, 3.63) is 43.0 Å². The fourth-order valence-corrected chi connectivity index (χ4v) is 1.55. The molecule has 0 bridgehead atoms. The summed E-state index contributed by atoms with van der Waals surface area (Å²) in [4.78, 5) is 11.9. The molecule has 0 amide bonds. The Morgan fingerprint density at radius 2 is 2.16 bits per heavy atom. The molecule has 4 nitrogen and oxygen atoms in total. The Balaban J connectivity index is 2.97. The maximum absolute atomic E-state index is 11.9. The van der Waals surface area contributed by atoms with Crippen LogP contribution in [-0.2, 0) is 9.53 Å². The predicted octanol–water partition coefficient (Wildman–Crippen LogP) is 2.71. The number of carbonyl (C=O) groups is 1. The molecule has 0 aliphatic heterocycles. The van der Waals surface area contributed by atoms with Crippen LogP contribution < -0.4 is 4.74 Å². The second kappa shape index (κ2) is 6.60. The van der Waals surface area contributed by atoms with Gasteiger partial charge in [-0.3, -0.25) is 4.79 Å². The minimum absolute atomic E-state index is 0.214. The van der Waals surface area contributed by atoms with Crippen molar-refractivity contribution in [1.29, 1.82) is 5.26 Å². The molecule has 1 rings (SSSR count). The van der Waals surface area contributed by atoms with Gasteiger partial charge >= 0.3 is 5.97 Å². The van der Waals surface area contributed by atoms with Gasteiger partial charge < -0.3 is 9.47 Å². The van der Waals surface area contributed by atoms with Crippen LogP contribution in [-0.4, -0.2) is 18.7 Å². The number of hydrogen-bond donors (Lipinski definition) is 0. The Labute approximate surface area is 113 Å². The molecule has 0 aromatic heterocycles. The van der Waals surface area contributed by atoms with Crippen LogP contribution in [0.1, 0.15) is 13.8 Å². The zero-order valence-corrected chi connectivity index (χ0v) is 11.1. The third-order valence-corrected chi connectivity index (χ3v) is 2.72. The maximum Gasteiger partial charge on any atom is 0.330 e. The second-order valence-corrected chi connectivity index (χ2v) is 4.12. The van der Waals surface area contributed by atoms with Crippen molar-refractivity contribution in [1.82, 2.24) is 0 Å². The fourth-order valence-electron chi connectivity index (χ4n) is 1.55. The summed E-state index contributed by atoms with van der Waals surface area (Å²) in [5, 5.41) is 9.28. The highest BCUT2D eigenvalue weighted by molar-refractivity contribution is 5.80. The Morgan fingerprint density at radius 3 is 2.63 bits per heavy atom. The summed E-state index contributed by atoms with van der Waals surface area (Å²) in [5.74, 6) is -0.0449. The van der Waals surface area contributed by atoms with Gasteiger partial charge in [-0.15, -0.1) is 0 Å². The van der Waals surface area contributed by atoms with Gasteiger partial charge in [0.1, 0.15) is 11.9 Å². The summed E-state index contributed by atoms with van der Waals surface area (Å²) < 4.78 is 10.6. The largest absolute Gasteiger partial charge is 0.484 e. The van der Waals surface area contributed by atoms with Crippen molar-refractivity contribution in [3.63, 3.8) is 0 Å². The highest BCUT2D eigenvalue weighted by Crippen LogP contribution is 2.28. The zero-order valence-electron chi connectivity index (χ0n) is 11.1. The lowest BCUT2D eigenvalue weighted by molar-refractivity contribution is -0.154. The zero-order chi connectivity index (χ0) is 14.3. The van der Waals surface area contributed by atoms with E-state index >= 15 is 0 Å². The summed E-state index contributed by atoms with van der Waals surface area (Å²) in [6.07, 6.45) is 0.659. The van der Waals surface area contributed by atoms with Crippen molar-refractivity contribution < 1.29 is 14.3 Å². The van der Waals surface area contributed by atoms with Gasteiger partial charge in [0.2, 0.25) is 0 Å². The van der Waals surface area contributed by atoms with Crippen molar-refractivity contribution in [2.75, 3.05) is 6.61 Å². The summed E-state index contributed by atoms with van der Waals surface area (Å²) in [5.41, 5.74) is -1.42. The lowest BCUT2D eigenvalue weighted by atomic mass is 9.85. The fraction of sp³-hybridized carbons (Fsp3) is 0.333. The smallest absolute Gasteiger partial charge is 0.330 e. The first-order valence-corrected chi connectivity index (χ1v) is 6.01. The van der Waals surface area contributed by atoms with Crippen LogP contribution in [0.5, 0.6) is 5.75 Å². The molecule has 0 aliphatic rings. The van der Waals surface area contributed by atoms with Gasteiger partial charge in [-0.2, -0.15) is 5.26 Å². The van der Waals surface area contributed by atoms with Crippen LogP contribution in [0.3, 0.4) is 0 Å². The van der Waals surface area contributed by atoms with E-state index in [4.69, 9.17) is 9.47 Å². The molecule has 1 aromatic rings. The summed E-state index contributed by atoms with van der Waals surface area (Å²) in [6, 6.07) is 10.9. The molecule has 2 unspecified atom stereocenters. The molecule has 0 saturated carbocycles. The number of rotatable bonds is 6. The average molecular weight is 259 g/mol. The van der Waals surface area contributed by atoms with Gasteiger partial charge in [-0.25, -0.2) is 0 Å². The average Bonchev–Trinajstić information content (AvgIpc) is 2.45. The number of ether oxygens (including phenoxy) is 2. The molecule has 0 aliphatic carbocycles. The summed E-state index contributed by atoms with van der Waals surface area (Å²) >= 11 is 0. The third kappa shape index (κ3) is 3.35. The molecule has 0 N–H and O–H groups in total. The highest BCUT2D eigenvalue weighted by Gasteiger charge is 2.43. The number of para-hydroxylation sites is 1. The quantitative estimate of drug-likeness (QED) is 0.582. The Bertz CT molecular complexity index is 478. The van der Waals surface area contributed by atoms with Crippen LogP contribution in [0.4, 0.5) is 0 Å². The van der Waals surface area contributed by atoms with Gasteiger partial charge in [0.15, 0.2) is 5.41 Å². The Hall–Kier alpha value is -2.28. The topological polar surface area (TPSA) is 59.3 Å². The highest BCUT2D eigenvalue weighted by atomic mass is 16.5. The second-order valence-electron chi connectivity index (χ2n) is 4.12. The lowest BCUT2D eigenvalue weighted by Crippen LogP contribution is -2.42.